The lowest BCUT2D eigenvalue weighted by molar-refractivity contribution is 0.241. The Morgan fingerprint density at radius 1 is 1.16 bits per heavy atom. The van der Waals surface area contributed by atoms with Gasteiger partial charge in [-0.15, -0.1) is 0 Å². The highest BCUT2D eigenvalue weighted by atomic mass is 16.5. The zero-order chi connectivity index (χ0) is 13.3. The number of ether oxygens (including phenoxy) is 1. The summed E-state index contributed by atoms with van der Waals surface area (Å²) < 4.78 is 5.64. The molecular weight excluding hydrogens is 236 g/mol. The van der Waals surface area contributed by atoms with Crippen molar-refractivity contribution in [1.29, 1.82) is 0 Å². The number of likely N-dealkylation sites (N-methyl/N-ethyl adjacent to an activating group) is 1. The van der Waals surface area contributed by atoms with Crippen molar-refractivity contribution >= 4 is 0 Å². The third-order valence-corrected chi connectivity index (χ3v) is 3.88. The molecule has 0 amide bonds. The average Bonchev–Trinajstić information content (AvgIpc) is 2.98. The van der Waals surface area contributed by atoms with E-state index in [-0.39, 0.29) is 0 Å². The smallest absolute Gasteiger partial charge is 0.119 e. The van der Waals surface area contributed by atoms with E-state index in [2.05, 4.69) is 17.3 Å². The van der Waals surface area contributed by atoms with Crippen LogP contribution in [0, 0.1) is 0 Å². The fraction of sp³-hybridized carbons (Fsp3) is 0.625. The topological polar surface area (TPSA) is 24.5 Å². The van der Waals surface area contributed by atoms with Crippen LogP contribution in [0.4, 0.5) is 0 Å². The highest BCUT2D eigenvalue weighted by Crippen LogP contribution is 2.21. The second-order valence-corrected chi connectivity index (χ2v) is 5.33. The van der Waals surface area contributed by atoms with Crippen molar-refractivity contribution in [1.82, 2.24) is 10.2 Å². The molecule has 1 saturated carbocycles. The summed E-state index contributed by atoms with van der Waals surface area (Å²) >= 11 is 0. The lowest BCUT2D eigenvalue weighted by atomic mass is 10.2. The Morgan fingerprint density at radius 3 is 2.63 bits per heavy atom. The minimum absolute atomic E-state index is 0.733. The average molecular weight is 262 g/mol. The Balaban J connectivity index is 1.48. The second-order valence-electron chi connectivity index (χ2n) is 5.33. The van der Waals surface area contributed by atoms with E-state index in [1.54, 1.807) is 0 Å². The van der Waals surface area contributed by atoms with Gasteiger partial charge in [0.2, 0.25) is 0 Å². The molecule has 1 aromatic rings. The zero-order valence-corrected chi connectivity index (χ0v) is 12.0. The molecule has 3 heteroatoms. The minimum Gasteiger partial charge on any atom is -0.492 e. The predicted molar refractivity (Wildman–Crippen MR) is 79.7 cm³/mol. The fourth-order valence-corrected chi connectivity index (χ4v) is 2.67. The third kappa shape index (κ3) is 5.21. The van der Waals surface area contributed by atoms with E-state index >= 15 is 0 Å². The Labute approximate surface area is 116 Å². The summed E-state index contributed by atoms with van der Waals surface area (Å²) in [5.41, 5.74) is 0. The summed E-state index contributed by atoms with van der Waals surface area (Å²) in [5, 5.41) is 3.44. The van der Waals surface area contributed by atoms with Crippen LogP contribution in [0.5, 0.6) is 5.75 Å². The summed E-state index contributed by atoms with van der Waals surface area (Å²) in [6.07, 6.45) is 5.59. The third-order valence-electron chi connectivity index (χ3n) is 3.88. The van der Waals surface area contributed by atoms with Gasteiger partial charge in [-0.1, -0.05) is 31.0 Å². The van der Waals surface area contributed by atoms with Crippen LogP contribution < -0.4 is 10.1 Å². The molecule has 0 aromatic heterocycles. The summed E-state index contributed by atoms with van der Waals surface area (Å²) in [4.78, 5) is 2.50. The molecular formula is C16H26N2O. The van der Waals surface area contributed by atoms with Crippen molar-refractivity contribution in [2.24, 2.45) is 0 Å². The van der Waals surface area contributed by atoms with E-state index < -0.39 is 0 Å². The van der Waals surface area contributed by atoms with E-state index in [4.69, 9.17) is 4.74 Å². The number of nitrogens with one attached hydrogen (secondary N) is 1. The molecule has 0 bridgehead atoms. The van der Waals surface area contributed by atoms with Gasteiger partial charge in [-0.3, -0.25) is 0 Å². The molecule has 0 saturated heterocycles. The lowest BCUT2D eigenvalue weighted by Crippen LogP contribution is -2.36. The standard InChI is InChI=1S/C16H26N2O/c1-18(15-7-5-6-8-15)13-11-17-12-14-19-16-9-3-2-4-10-16/h2-4,9-10,15,17H,5-8,11-14H2,1H3. The van der Waals surface area contributed by atoms with Gasteiger partial charge in [0.1, 0.15) is 12.4 Å². The zero-order valence-electron chi connectivity index (χ0n) is 12.0. The largest absolute Gasteiger partial charge is 0.492 e. The number of hydrogen-bond donors (Lipinski definition) is 1. The molecule has 1 fully saturated rings. The number of para-hydroxylation sites is 1. The van der Waals surface area contributed by atoms with E-state index in [0.717, 1.165) is 38.0 Å². The SMILES string of the molecule is CN(CCNCCOc1ccccc1)C1CCCC1. The normalized spacial score (nSPS) is 16.1. The minimum atomic E-state index is 0.733. The van der Waals surface area contributed by atoms with E-state index in [1.165, 1.54) is 25.7 Å². The van der Waals surface area contributed by atoms with Gasteiger partial charge in [-0.25, -0.2) is 0 Å². The van der Waals surface area contributed by atoms with Gasteiger partial charge in [-0.05, 0) is 32.0 Å². The molecule has 1 N–H and O–H groups in total. The van der Waals surface area contributed by atoms with Crippen molar-refractivity contribution in [2.75, 3.05) is 33.3 Å². The number of nitrogens with zero attached hydrogens (tertiary/aromatic N) is 1. The maximum Gasteiger partial charge on any atom is 0.119 e. The molecule has 0 spiro atoms. The van der Waals surface area contributed by atoms with Gasteiger partial charge >= 0.3 is 0 Å². The van der Waals surface area contributed by atoms with Crippen molar-refractivity contribution in [3.63, 3.8) is 0 Å². The quantitative estimate of drug-likeness (QED) is 0.729. The van der Waals surface area contributed by atoms with Crippen LogP contribution in [0.1, 0.15) is 25.7 Å². The molecule has 0 heterocycles. The van der Waals surface area contributed by atoms with Gasteiger partial charge in [0.25, 0.3) is 0 Å². The summed E-state index contributed by atoms with van der Waals surface area (Å²) in [6.45, 7) is 3.83. The van der Waals surface area contributed by atoms with Gasteiger partial charge in [0.05, 0.1) is 0 Å². The van der Waals surface area contributed by atoms with Crippen molar-refractivity contribution < 1.29 is 4.74 Å². The number of benzene rings is 1. The Kier molecular flexibility index (Phi) is 6.18. The highest BCUT2D eigenvalue weighted by Gasteiger charge is 2.18. The van der Waals surface area contributed by atoms with Gasteiger partial charge in [0.15, 0.2) is 0 Å². The van der Waals surface area contributed by atoms with Crippen LogP contribution in [0.3, 0.4) is 0 Å². The summed E-state index contributed by atoms with van der Waals surface area (Å²) in [6, 6.07) is 10.8. The van der Waals surface area contributed by atoms with Crippen LogP contribution in [0.2, 0.25) is 0 Å². The van der Waals surface area contributed by atoms with Crippen LogP contribution in [0.15, 0.2) is 30.3 Å². The van der Waals surface area contributed by atoms with Crippen LogP contribution in [0.25, 0.3) is 0 Å². The van der Waals surface area contributed by atoms with Gasteiger partial charge in [-0.2, -0.15) is 0 Å². The molecule has 1 aliphatic rings. The molecule has 106 valence electrons. The maximum absolute atomic E-state index is 5.64. The molecule has 19 heavy (non-hydrogen) atoms. The van der Waals surface area contributed by atoms with E-state index in [1.807, 2.05) is 30.3 Å². The van der Waals surface area contributed by atoms with E-state index in [0.29, 0.717) is 0 Å². The van der Waals surface area contributed by atoms with Gasteiger partial charge < -0.3 is 15.0 Å². The summed E-state index contributed by atoms with van der Waals surface area (Å²) in [7, 11) is 2.25. The molecule has 1 aromatic carbocycles. The number of hydrogen-bond acceptors (Lipinski definition) is 3. The maximum atomic E-state index is 5.64. The molecule has 0 atom stereocenters. The predicted octanol–water partition coefficient (Wildman–Crippen LogP) is 2.53. The van der Waals surface area contributed by atoms with Crippen LogP contribution in [-0.2, 0) is 0 Å². The first kappa shape index (κ1) is 14.4. The first-order valence-corrected chi connectivity index (χ1v) is 7.45. The monoisotopic (exact) mass is 262 g/mol. The van der Waals surface area contributed by atoms with Crippen molar-refractivity contribution in [3.05, 3.63) is 30.3 Å². The van der Waals surface area contributed by atoms with Crippen LogP contribution in [-0.4, -0.2) is 44.2 Å². The lowest BCUT2D eigenvalue weighted by Gasteiger charge is -2.23. The summed E-state index contributed by atoms with van der Waals surface area (Å²) in [5.74, 6) is 0.951. The second kappa shape index (κ2) is 8.18. The highest BCUT2D eigenvalue weighted by molar-refractivity contribution is 5.20. The van der Waals surface area contributed by atoms with Gasteiger partial charge in [0, 0.05) is 25.7 Å². The van der Waals surface area contributed by atoms with Crippen LogP contribution >= 0.6 is 0 Å². The first-order chi connectivity index (χ1) is 9.36. The van der Waals surface area contributed by atoms with E-state index in [9.17, 15) is 0 Å². The molecule has 3 nitrogen and oxygen atoms in total. The molecule has 1 aliphatic carbocycles. The Bertz CT molecular complexity index is 336. The first-order valence-electron chi connectivity index (χ1n) is 7.45. The molecule has 2 rings (SSSR count). The number of rotatable bonds is 8. The molecule has 0 aliphatic heterocycles. The Morgan fingerprint density at radius 2 is 1.89 bits per heavy atom. The van der Waals surface area contributed by atoms with Crippen molar-refractivity contribution in [3.8, 4) is 5.75 Å². The molecule has 0 radical (unpaired) electrons. The fourth-order valence-electron chi connectivity index (χ4n) is 2.67. The molecule has 0 unspecified atom stereocenters. The Hall–Kier alpha value is -1.06. The van der Waals surface area contributed by atoms with Crippen molar-refractivity contribution in [2.45, 2.75) is 31.7 Å².